The van der Waals surface area contributed by atoms with E-state index in [0.717, 1.165) is 4.47 Å². The molecule has 0 heterocycles. The van der Waals surface area contributed by atoms with Crippen molar-refractivity contribution in [3.63, 3.8) is 0 Å². The SMILES string of the molecule is O=C(c1ccc(Br)cc1)C(Cl)CCCl. The Hall–Kier alpha value is -0.0500. The largest absolute Gasteiger partial charge is 0.293 e. The fraction of sp³-hybridized carbons (Fsp3) is 0.300. The number of Topliss-reactive ketones (excluding diaryl/α,β-unsaturated/α-hetero) is 1. The summed E-state index contributed by atoms with van der Waals surface area (Å²) in [5.74, 6) is 0.330. The van der Waals surface area contributed by atoms with E-state index in [4.69, 9.17) is 23.2 Å². The topological polar surface area (TPSA) is 17.1 Å². The number of ketones is 1. The lowest BCUT2D eigenvalue weighted by atomic mass is 10.1. The van der Waals surface area contributed by atoms with Crippen molar-refractivity contribution in [2.24, 2.45) is 0 Å². The number of benzene rings is 1. The van der Waals surface area contributed by atoms with Gasteiger partial charge in [-0.3, -0.25) is 4.79 Å². The van der Waals surface area contributed by atoms with E-state index in [2.05, 4.69) is 15.9 Å². The van der Waals surface area contributed by atoms with Crippen LogP contribution in [-0.2, 0) is 0 Å². The zero-order valence-corrected chi connectivity index (χ0v) is 10.4. The molecular weight excluding hydrogens is 287 g/mol. The van der Waals surface area contributed by atoms with Crippen molar-refractivity contribution in [1.82, 2.24) is 0 Å². The highest BCUT2D eigenvalue weighted by atomic mass is 79.9. The molecule has 0 saturated heterocycles. The van der Waals surface area contributed by atoms with E-state index in [1.807, 2.05) is 12.1 Å². The van der Waals surface area contributed by atoms with Crippen molar-refractivity contribution in [1.29, 1.82) is 0 Å². The summed E-state index contributed by atoms with van der Waals surface area (Å²) in [4.78, 5) is 11.6. The third kappa shape index (κ3) is 3.26. The van der Waals surface area contributed by atoms with Gasteiger partial charge in [0.2, 0.25) is 0 Å². The molecule has 0 N–H and O–H groups in total. The maximum atomic E-state index is 11.6. The molecule has 1 atom stereocenters. The lowest BCUT2D eigenvalue weighted by molar-refractivity contribution is 0.0986. The first-order chi connectivity index (χ1) is 6.65. The maximum absolute atomic E-state index is 11.6. The summed E-state index contributed by atoms with van der Waals surface area (Å²) in [7, 11) is 0. The number of carbonyl (C=O) groups is 1. The molecule has 0 amide bonds. The van der Waals surface area contributed by atoms with Gasteiger partial charge in [-0.15, -0.1) is 23.2 Å². The first-order valence-corrected chi connectivity index (χ1v) is 5.91. The van der Waals surface area contributed by atoms with Gasteiger partial charge in [0.25, 0.3) is 0 Å². The van der Waals surface area contributed by atoms with Crippen LogP contribution >= 0.6 is 39.1 Å². The summed E-state index contributed by atoms with van der Waals surface area (Å²) in [6.45, 7) is 0. The van der Waals surface area contributed by atoms with Gasteiger partial charge in [0.05, 0.1) is 5.38 Å². The standard InChI is InChI=1S/C10H9BrCl2O/c11-8-3-1-7(2-4-8)10(14)9(13)5-6-12/h1-4,9H,5-6H2. The Kier molecular flexibility index (Phi) is 4.93. The molecule has 0 aliphatic heterocycles. The first-order valence-electron chi connectivity index (χ1n) is 4.15. The molecule has 0 bridgehead atoms. The lowest BCUT2D eigenvalue weighted by Gasteiger charge is -2.06. The predicted molar refractivity (Wildman–Crippen MR) is 63.5 cm³/mol. The van der Waals surface area contributed by atoms with Gasteiger partial charge in [-0.05, 0) is 18.6 Å². The zero-order valence-electron chi connectivity index (χ0n) is 7.34. The van der Waals surface area contributed by atoms with Crippen molar-refractivity contribution in [3.8, 4) is 0 Å². The van der Waals surface area contributed by atoms with Crippen LogP contribution < -0.4 is 0 Å². The van der Waals surface area contributed by atoms with E-state index >= 15 is 0 Å². The second kappa shape index (κ2) is 5.74. The average molecular weight is 296 g/mol. The molecule has 1 rings (SSSR count). The van der Waals surface area contributed by atoms with Gasteiger partial charge >= 0.3 is 0 Å². The summed E-state index contributed by atoms with van der Waals surface area (Å²) in [5, 5.41) is -0.520. The van der Waals surface area contributed by atoms with Gasteiger partial charge in [-0.1, -0.05) is 28.1 Å². The summed E-state index contributed by atoms with van der Waals surface area (Å²) < 4.78 is 0.942. The van der Waals surface area contributed by atoms with E-state index in [-0.39, 0.29) is 5.78 Å². The highest BCUT2D eigenvalue weighted by Crippen LogP contribution is 2.15. The first kappa shape index (κ1) is 12.0. The number of hydrogen-bond acceptors (Lipinski definition) is 1. The normalized spacial score (nSPS) is 12.5. The molecule has 0 fully saturated rings. The summed E-state index contributed by atoms with van der Waals surface area (Å²) >= 11 is 14.7. The van der Waals surface area contributed by atoms with E-state index in [1.54, 1.807) is 12.1 Å². The second-order valence-corrected chi connectivity index (χ2v) is 4.64. The molecule has 4 heteroatoms. The highest BCUT2D eigenvalue weighted by Gasteiger charge is 2.16. The van der Waals surface area contributed by atoms with Crippen molar-refractivity contribution in [3.05, 3.63) is 34.3 Å². The summed E-state index contributed by atoms with van der Waals surface area (Å²) in [5.41, 5.74) is 0.623. The van der Waals surface area contributed by atoms with Crippen molar-refractivity contribution >= 4 is 44.9 Å². The highest BCUT2D eigenvalue weighted by molar-refractivity contribution is 9.10. The van der Waals surface area contributed by atoms with Crippen LogP contribution in [0.1, 0.15) is 16.8 Å². The molecule has 14 heavy (non-hydrogen) atoms. The Bertz CT molecular complexity index is 310. The monoisotopic (exact) mass is 294 g/mol. The summed E-state index contributed by atoms with van der Waals surface area (Å²) in [6, 6.07) is 7.13. The van der Waals surface area contributed by atoms with Gasteiger partial charge in [0.1, 0.15) is 0 Å². The van der Waals surface area contributed by atoms with Crippen LogP contribution in [0, 0.1) is 0 Å². The number of rotatable bonds is 4. The number of carbonyl (C=O) groups excluding carboxylic acids is 1. The third-order valence-corrected chi connectivity index (χ3v) is 2.94. The van der Waals surface area contributed by atoms with Gasteiger partial charge in [-0.25, -0.2) is 0 Å². The van der Waals surface area contributed by atoms with Crippen LogP contribution in [0.25, 0.3) is 0 Å². The van der Waals surface area contributed by atoms with Crippen molar-refractivity contribution < 1.29 is 4.79 Å². The number of halogens is 3. The van der Waals surface area contributed by atoms with Gasteiger partial charge in [-0.2, -0.15) is 0 Å². The van der Waals surface area contributed by atoms with Crippen LogP contribution in [0.4, 0.5) is 0 Å². The van der Waals surface area contributed by atoms with E-state index in [9.17, 15) is 4.79 Å². The molecule has 0 aliphatic rings. The van der Waals surface area contributed by atoms with Crippen LogP contribution in [0.5, 0.6) is 0 Å². The average Bonchev–Trinajstić information content (AvgIpc) is 2.18. The zero-order chi connectivity index (χ0) is 10.6. The lowest BCUT2D eigenvalue weighted by Crippen LogP contribution is -2.15. The molecule has 1 unspecified atom stereocenters. The Labute approximate surface area is 102 Å². The van der Waals surface area contributed by atoms with Gasteiger partial charge in [0.15, 0.2) is 5.78 Å². The Morgan fingerprint density at radius 1 is 1.36 bits per heavy atom. The molecule has 0 aliphatic carbocycles. The predicted octanol–water partition coefficient (Wildman–Crippen LogP) is 3.87. The minimum absolute atomic E-state index is 0.0696. The van der Waals surface area contributed by atoms with E-state index in [1.165, 1.54) is 0 Å². The van der Waals surface area contributed by atoms with E-state index < -0.39 is 5.38 Å². The van der Waals surface area contributed by atoms with Gasteiger partial charge < -0.3 is 0 Å². The molecule has 1 nitrogen and oxygen atoms in total. The van der Waals surface area contributed by atoms with Crippen molar-refractivity contribution in [2.75, 3.05) is 5.88 Å². The smallest absolute Gasteiger partial charge is 0.180 e. The van der Waals surface area contributed by atoms with Crippen LogP contribution in [0.3, 0.4) is 0 Å². The van der Waals surface area contributed by atoms with E-state index in [0.29, 0.717) is 17.9 Å². The number of hydrogen-bond donors (Lipinski definition) is 0. The summed E-state index contributed by atoms with van der Waals surface area (Å²) in [6.07, 6.45) is 0.498. The molecule has 0 saturated carbocycles. The third-order valence-electron chi connectivity index (χ3n) is 1.78. The van der Waals surface area contributed by atoms with Gasteiger partial charge in [0, 0.05) is 15.9 Å². The fourth-order valence-corrected chi connectivity index (χ4v) is 1.85. The molecule has 1 aromatic carbocycles. The van der Waals surface area contributed by atoms with Crippen LogP contribution in [0.2, 0.25) is 0 Å². The molecule has 0 aromatic heterocycles. The fourth-order valence-electron chi connectivity index (χ4n) is 1.02. The minimum atomic E-state index is -0.520. The molecule has 76 valence electrons. The van der Waals surface area contributed by atoms with Crippen molar-refractivity contribution in [2.45, 2.75) is 11.8 Å². The Morgan fingerprint density at radius 2 is 1.93 bits per heavy atom. The Balaban J connectivity index is 2.74. The van der Waals surface area contributed by atoms with Crippen LogP contribution in [0.15, 0.2) is 28.7 Å². The molecule has 0 spiro atoms. The minimum Gasteiger partial charge on any atom is -0.293 e. The van der Waals surface area contributed by atoms with Crippen LogP contribution in [-0.4, -0.2) is 17.0 Å². The maximum Gasteiger partial charge on any atom is 0.180 e. The molecular formula is C10H9BrCl2O. The Morgan fingerprint density at radius 3 is 2.43 bits per heavy atom. The quantitative estimate of drug-likeness (QED) is 0.609. The molecule has 0 radical (unpaired) electrons. The second-order valence-electron chi connectivity index (χ2n) is 2.82. The number of alkyl halides is 2. The molecule has 1 aromatic rings.